The zero-order chi connectivity index (χ0) is 32.8. The van der Waals surface area contributed by atoms with Crippen molar-refractivity contribution < 1.29 is 4.74 Å². The Kier molecular flexibility index (Phi) is 8.73. The molecule has 0 bridgehead atoms. The standard InChI is InChI=1S/C44H35N3O/c1-46-43(32-45)38-30-42(48-44(31-38)28-8-9-29-44)27-16-33-14-21-39(22-15-33)47(40-23-17-36(18-24-40)34-10-4-2-5-11-34)41-25-19-37(20-26-41)35-12-6-3-7-13-35/h2-7,10-27,30H,8-9,28-29,31H2. The predicted octanol–water partition coefficient (Wildman–Crippen LogP) is 11.8. The third kappa shape index (κ3) is 6.57. The third-order valence-corrected chi connectivity index (χ3v) is 9.26. The van der Waals surface area contributed by atoms with Gasteiger partial charge in [-0.15, -0.1) is 0 Å². The number of rotatable bonds is 7. The monoisotopic (exact) mass is 621 g/mol. The van der Waals surface area contributed by atoms with E-state index < -0.39 is 0 Å². The van der Waals surface area contributed by atoms with Crippen LogP contribution >= 0.6 is 0 Å². The first-order valence-electron chi connectivity index (χ1n) is 16.4. The van der Waals surface area contributed by atoms with Gasteiger partial charge in [-0.05, 0) is 108 Å². The van der Waals surface area contributed by atoms with Gasteiger partial charge in [0.2, 0.25) is 0 Å². The molecule has 0 aromatic heterocycles. The van der Waals surface area contributed by atoms with E-state index >= 15 is 0 Å². The van der Waals surface area contributed by atoms with Gasteiger partial charge in [0, 0.05) is 23.5 Å². The molecule has 5 aromatic carbocycles. The van der Waals surface area contributed by atoms with Gasteiger partial charge in [-0.3, -0.25) is 0 Å². The Labute approximate surface area is 283 Å². The number of nitriles is 1. The van der Waals surface area contributed by atoms with E-state index in [1.54, 1.807) is 0 Å². The molecule has 0 N–H and O–H groups in total. The van der Waals surface area contributed by atoms with E-state index in [1.165, 1.54) is 22.3 Å². The molecule has 2 aliphatic rings. The average Bonchev–Trinajstić information content (AvgIpc) is 3.59. The minimum atomic E-state index is -0.312. The van der Waals surface area contributed by atoms with E-state index in [0.717, 1.165) is 53.9 Å². The SMILES string of the molecule is [C-]#[N+]C(C#N)=C1C=C(C=Cc2ccc(N(c3ccc(-c4ccccc4)cc3)c3ccc(-c4ccccc4)cc3)cc2)OC2(CCCC2)C1. The van der Waals surface area contributed by atoms with Crippen molar-refractivity contribution in [1.82, 2.24) is 0 Å². The van der Waals surface area contributed by atoms with Gasteiger partial charge < -0.3 is 9.64 Å². The van der Waals surface area contributed by atoms with Gasteiger partial charge in [0.05, 0.1) is 12.6 Å². The van der Waals surface area contributed by atoms with Crippen LogP contribution < -0.4 is 4.90 Å². The zero-order valence-corrected chi connectivity index (χ0v) is 26.7. The highest BCUT2D eigenvalue weighted by Gasteiger charge is 2.39. The molecule has 0 saturated heterocycles. The second kappa shape index (κ2) is 13.7. The van der Waals surface area contributed by atoms with Gasteiger partial charge in [0.25, 0.3) is 5.70 Å². The van der Waals surface area contributed by atoms with Crippen LogP contribution in [0.4, 0.5) is 17.1 Å². The Morgan fingerprint density at radius 1 is 0.667 bits per heavy atom. The zero-order valence-electron chi connectivity index (χ0n) is 26.7. The van der Waals surface area contributed by atoms with Crippen molar-refractivity contribution in [2.75, 3.05) is 4.90 Å². The van der Waals surface area contributed by atoms with E-state index in [1.807, 2.05) is 30.4 Å². The number of hydrogen-bond acceptors (Lipinski definition) is 3. The molecule has 1 fully saturated rings. The molecule has 0 unspecified atom stereocenters. The minimum Gasteiger partial charge on any atom is -0.487 e. The summed E-state index contributed by atoms with van der Waals surface area (Å²) in [5.74, 6) is 0.706. The molecular weight excluding hydrogens is 587 g/mol. The van der Waals surface area contributed by atoms with Gasteiger partial charge in [-0.1, -0.05) is 103 Å². The van der Waals surface area contributed by atoms with Crippen molar-refractivity contribution in [2.24, 2.45) is 0 Å². The summed E-state index contributed by atoms with van der Waals surface area (Å²) in [5, 5.41) is 9.56. The molecule has 1 aliphatic heterocycles. The van der Waals surface area contributed by atoms with Crippen molar-refractivity contribution in [2.45, 2.75) is 37.7 Å². The Balaban J connectivity index is 1.19. The number of ether oxygens (including phenoxy) is 1. The minimum absolute atomic E-state index is 0.161. The highest BCUT2D eigenvalue weighted by atomic mass is 16.5. The van der Waals surface area contributed by atoms with Gasteiger partial charge >= 0.3 is 0 Å². The summed E-state index contributed by atoms with van der Waals surface area (Å²) >= 11 is 0. The maximum atomic E-state index is 9.56. The third-order valence-electron chi connectivity index (χ3n) is 9.26. The lowest BCUT2D eigenvalue weighted by molar-refractivity contribution is 0.00776. The number of benzene rings is 5. The maximum absolute atomic E-state index is 9.56. The molecule has 5 aromatic rings. The lowest BCUT2D eigenvalue weighted by atomic mass is 9.88. The molecule has 48 heavy (non-hydrogen) atoms. The molecule has 1 heterocycles. The molecule has 0 amide bonds. The molecule has 0 radical (unpaired) electrons. The van der Waals surface area contributed by atoms with E-state index in [2.05, 4.69) is 137 Å². The number of hydrogen-bond donors (Lipinski definition) is 0. The fraction of sp³-hybridized carbons (Fsp3) is 0.136. The molecular formula is C44H35N3O. The molecule has 232 valence electrons. The normalized spacial score (nSPS) is 16.1. The molecule has 7 rings (SSSR count). The van der Waals surface area contributed by atoms with Crippen molar-refractivity contribution >= 4 is 23.1 Å². The van der Waals surface area contributed by atoms with Crippen LogP contribution in [0.2, 0.25) is 0 Å². The fourth-order valence-corrected chi connectivity index (χ4v) is 6.81. The lowest BCUT2D eigenvalue weighted by Crippen LogP contribution is -2.31. The second-order valence-corrected chi connectivity index (χ2v) is 12.4. The molecule has 1 spiro atoms. The van der Waals surface area contributed by atoms with Crippen LogP contribution in [0, 0.1) is 17.9 Å². The first-order chi connectivity index (χ1) is 23.6. The Morgan fingerprint density at radius 3 is 1.62 bits per heavy atom. The summed E-state index contributed by atoms with van der Waals surface area (Å²) in [6.45, 7) is 7.49. The van der Waals surface area contributed by atoms with Gasteiger partial charge in [0.1, 0.15) is 11.4 Å². The van der Waals surface area contributed by atoms with Crippen LogP contribution in [-0.2, 0) is 4.74 Å². The highest BCUT2D eigenvalue weighted by Crippen LogP contribution is 2.44. The average molecular weight is 622 g/mol. The Hall–Kier alpha value is -6.10. The molecule has 1 aliphatic carbocycles. The number of nitrogens with zero attached hydrogens (tertiary/aromatic N) is 3. The summed E-state index contributed by atoms with van der Waals surface area (Å²) in [6, 6.07) is 48.9. The van der Waals surface area contributed by atoms with Crippen LogP contribution in [-0.4, -0.2) is 5.60 Å². The first kappa shape index (κ1) is 30.5. The first-order valence-corrected chi connectivity index (χ1v) is 16.4. The summed E-state index contributed by atoms with van der Waals surface area (Å²) < 4.78 is 6.51. The van der Waals surface area contributed by atoms with E-state index in [-0.39, 0.29) is 11.3 Å². The van der Waals surface area contributed by atoms with Crippen LogP contribution in [0.3, 0.4) is 0 Å². The molecule has 4 nitrogen and oxygen atoms in total. The van der Waals surface area contributed by atoms with E-state index in [9.17, 15) is 5.26 Å². The molecule has 1 saturated carbocycles. The van der Waals surface area contributed by atoms with E-state index in [4.69, 9.17) is 11.3 Å². The maximum Gasteiger partial charge on any atom is 0.265 e. The Bertz CT molecular complexity index is 1960. The van der Waals surface area contributed by atoms with Crippen molar-refractivity contribution in [3.63, 3.8) is 0 Å². The smallest absolute Gasteiger partial charge is 0.265 e. The summed E-state index contributed by atoms with van der Waals surface area (Å²) in [5.41, 5.74) is 9.58. The van der Waals surface area contributed by atoms with Crippen molar-refractivity contribution in [3.05, 3.63) is 180 Å². The second-order valence-electron chi connectivity index (χ2n) is 12.4. The largest absolute Gasteiger partial charge is 0.487 e. The Morgan fingerprint density at radius 2 is 1.15 bits per heavy atom. The highest BCUT2D eigenvalue weighted by molar-refractivity contribution is 5.80. The fourth-order valence-electron chi connectivity index (χ4n) is 6.81. The van der Waals surface area contributed by atoms with E-state index in [0.29, 0.717) is 12.2 Å². The van der Waals surface area contributed by atoms with Crippen molar-refractivity contribution in [1.29, 1.82) is 5.26 Å². The quantitative estimate of drug-likeness (QED) is 0.134. The molecule has 4 heteroatoms. The van der Waals surface area contributed by atoms with Crippen LogP contribution in [0.5, 0.6) is 0 Å². The molecule has 0 atom stereocenters. The summed E-state index contributed by atoms with van der Waals surface area (Å²) in [4.78, 5) is 5.77. The van der Waals surface area contributed by atoms with Crippen molar-refractivity contribution in [3.8, 4) is 28.3 Å². The summed E-state index contributed by atoms with van der Waals surface area (Å²) in [7, 11) is 0. The van der Waals surface area contributed by atoms with Crippen LogP contribution in [0.15, 0.2) is 163 Å². The lowest BCUT2D eigenvalue weighted by Gasteiger charge is -2.35. The number of allylic oxidation sites excluding steroid dienone is 3. The van der Waals surface area contributed by atoms with Gasteiger partial charge in [-0.2, -0.15) is 0 Å². The predicted molar refractivity (Wildman–Crippen MR) is 195 cm³/mol. The van der Waals surface area contributed by atoms with Gasteiger partial charge in [-0.25, -0.2) is 10.1 Å². The van der Waals surface area contributed by atoms with Gasteiger partial charge in [0.15, 0.2) is 0 Å². The summed E-state index contributed by atoms with van der Waals surface area (Å²) in [6.07, 6.45) is 10.6. The topological polar surface area (TPSA) is 40.6 Å². The van der Waals surface area contributed by atoms with Crippen LogP contribution in [0.25, 0.3) is 33.2 Å². The number of anilines is 3. The van der Waals surface area contributed by atoms with Crippen LogP contribution in [0.1, 0.15) is 37.7 Å².